The van der Waals surface area contributed by atoms with Gasteiger partial charge >= 0.3 is 0 Å². The zero-order chi connectivity index (χ0) is 18.2. The van der Waals surface area contributed by atoms with Crippen LogP contribution in [0.3, 0.4) is 0 Å². The van der Waals surface area contributed by atoms with E-state index in [2.05, 4.69) is 56.8 Å². The van der Waals surface area contributed by atoms with Crippen LogP contribution in [-0.4, -0.2) is 22.6 Å². The summed E-state index contributed by atoms with van der Waals surface area (Å²) in [5, 5.41) is 12.8. The molecule has 0 radical (unpaired) electrons. The van der Waals surface area contributed by atoms with Gasteiger partial charge < -0.3 is 10.2 Å². The van der Waals surface area contributed by atoms with E-state index in [4.69, 9.17) is 0 Å². The molecule has 5 rings (SSSR count). The molecule has 7 heteroatoms. The summed E-state index contributed by atoms with van der Waals surface area (Å²) in [5.74, 6) is 0.536. The molecular weight excluding hydrogens is 376 g/mol. The predicted molar refractivity (Wildman–Crippen MR) is 109 cm³/mol. The van der Waals surface area contributed by atoms with Crippen molar-refractivity contribution in [2.75, 3.05) is 16.8 Å². The number of benzene rings is 2. The van der Waals surface area contributed by atoms with Crippen LogP contribution in [0, 0.1) is 0 Å². The number of anilines is 3. The van der Waals surface area contributed by atoms with Crippen LogP contribution in [0.25, 0.3) is 0 Å². The Labute approximate surface area is 165 Å². The Morgan fingerprint density at radius 2 is 1.70 bits per heavy atom. The number of hydrogen-bond donors (Lipinski definition) is 1. The monoisotopic (exact) mass is 394 g/mol. The number of carbonyl (C=O) groups excluding carboxylic acids is 1. The molecule has 136 valence electrons. The number of carbonyl (C=O) groups is 1. The highest BCUT2D eigenvalue weighted by Crippen LogP contribution is 2.47. The van der Waals surface area contributed by atoms with Gasteiger partial charge in [-0.15, -0.1) is 10.2 Å². The van der Waals surface area contributed by atoms with Crippen molar-refractivity contribution in [2.45, 2.75) is 35.0 Å². The highest BCUT2D eigenvalue weighted by Gasteiger charge is 2.28. The van der Waals surface area contributed by atoms with Crippen molar-refractivity contribution in [3.8, 4) is 0 Å². The van der Waals surface area contributed by atoms with E-state index in [1.807, 2.05) is 12.1 Å². The molecule has 5 nitrogen and oxygen atoms in total. The van der Waals surface area contributed by atoms with Gasteiger partial charge in [-0.05, 0) is 37.1 Å². The minimum atomic E-state index is -0.0262. The Morgan fingerprint density at radius 1 is 1.04 bits per heavy atom. The topological polar surface area (TPSA) is 58.1 Å². The number of nitrogens with zero attached hydrogens (tertiary/aromatic N) is 3. The van der Waals surface area contributed by atoms with Crippen molar-refractivity contribution in [1.82, 2.24) is 10.2 Å². The van der Waals surface area contributed by atoms with E-state index in [0.29, 0.717) is 24.0 Å². The Bertz CT molecular complexity index is 953. The third-order valence-electron chi connectivity index (χ3n) is 4.71. The molecule has 0 unspecified atom stereocenters. The van der Waals surface area contributed by atoms with E-state index >= 15 is 0 Å². The molecule has 1 aliphatic heterocycles. The first-order valence-electron chi connectivity index (χ1n) is 9.04. The van der Waals surface area contributed by atoms with E-state index < -0.39 is 0 Å². The lowest BCUT2D eigenvalue weighted by Gasteiger charge is -2.32. The first-order chi connectivity index (χ1) is 13.3. The zero-order valence-corrected chi connectivity index (χ0v) is 16.2. The SMILES string of the molecule is O=C(CCN1c2ccccc2Sc2ccccc21)Nc1nnc(C2CC2)s1. The molecule has 0 spiro atoms. The molecule has 27 heavy (non-hydrogen) atoms. The van der Waals surface area contributed by atoms with Gasteiger partial charge in [-0.3, -0.25) is 4.79 Å². The maximum absolute atomic E-state index is 12.5. The van der Waals surface area contributed by atoms with E-state index in [-0.39, 0.29) is 5.91 Å². The average Bonchev–Trinajstić information content (AvgIpc) is 3.44. The summed E-state index contributed by atoms with van der Waals surface area (Å²) in [6.07, 6.45) is 2.77. The summed E-state index contributed by atoms with van der Waals surface area (Å²) in [7, 11) is 0. The first kappa shape index (κ1) is 16.8. The summed E-state index contributed by atoms with van der Waals surface area (Å²) in [4.78, 5) is 17.1. The Kier molecular flexibility index (Phi) is 4.33. The van der Waals surface area contributed by atoms with Gasteiger partial charge in [0.2, 0.25) is 11.0 Å². The van der Waals surface area contributed by atoms with Crippen LogP contribution in [0.4, 0.5) is 16.5 Å². The molecular formula is C20H18N4OS2. The van der Waals surface area contributed by atoms with Crippen molar-refractivity contribution in [3.63, 3.8) is 0 Å². The summed E-state index contributed by atoms with van der Waals surface area (Å²) in [5.41, 5.74) is 2.31. The largest absolute Gasteiger partial charge is 0.339 e. The highest BCUT2D eigenvalue weighted by atomic mass is 32.2. The van der Waals surface area contributed by atoms with Gasteiger partial charge in [-0.25, -0.2) is 0 Å². The molecule has 1 aromatic heterocycles. The standard InChI is InChI=1S/C20H18N4OS2/c25-18(21-20-23-22-19(27-20)13-9-10-13)11-12-24-14-5-1-3-7-16(14)26-17-8-4-2-6-15(17)24/h1-8,13H,9-12H2,(H,21,23,25). The van der Waals surface area contributed by atoms with Crippen molar-refractivity contribution < 1.29 is 4.79 Å². The minimum absolute atomic E-state index is 0.0262. The van der Waals surface area contributed by atoms with Crippen LogP contribution in [0.1, 0.15) is 30.2 Å². The van der Waals surface area contributed by atoms with Gasteiger partial charge in [0.25, 0.3) is 0 Å². The molecule has 3 aromatic rings. The molecule has 2 aliphatic rings. The molecule has 2 aromatic carbocycles. The van der Waals surface area contributed by atoms with Crippen molar-refractivity contribution >= 4 is 45.5 Å². The van der Waals surface area contributed by atoms with E-state index in [1.54, 1.807) is 11.8 Å². The predicted octanol–water partition coefficient (Wildman–Crippen LogP) is 5.05. The van der Waals surface area contributed by atoms with Gasteiger partial charge in [0.1, 0.15) is 5.01 Å². The number of rotatable bonds is 5. The normalized spacial score (nSPS) is 15.2. The molecule has 1 saturated carbocycles. The highest BCUT2D eigenvalue weighted by molar-refractivity contribution is 7.99. The summed E-state index contributed by atoms with van der Waals surface area (Å²) >= 11 is 3.27. The second-order valence-electron chi connectivity index (χ2n) is 6.71. The first-order valence-corrected chi connectivity index (χ1v) is 10.7. The van der Waals surface area contributed by atoms with Gasteiger partial charge in [-0.2, -0.15) is 0 Å². The third kappa shape index (κ3) is 3.44. The Hall–Kier alpha value is -2.38. The molecule has 1 N–H and O–H groups in total. The zero-order valence-electron chi connectivity index (χ0n) is 14.6. The fraction of sp³-hybridized carbons (Fsp3) is 0.250. The summed E-state index contributed by atoms with van der Waals surface area (Å²) in [6, 6.07) is 16.7. The van der Waals surface area contributed by atoms with Gasteiger partial charge in [-0.1, -0.05) is 47.4 Å². The van der Waals surface area contributed by atoms with Gasteiger partial charge in [0.05, 0.1) is 11.4 Å². The lowest BCUT2D eigenvalue weighted by molar-refractivity contribution is -0.116. The average molecular weight is 395 g/mol. The van der Waals surface area contributed by atoms with Gasteiger partial charge in [0.15, 0.2) is 0 Å². The van der Waals surface area contributed by atoms with Crippen LogP contribution in [0.15, 0.2) is 58.3 Å². The number of nitrogens with one attached hydrogen (secondary N) is 1. The number of fused-ring (bicyclic) bond motifs is 2. The Morgan fingerprint density at radius 3 is 2.37 bits per heavy atom. The molecule has 1 aliphatic carbocycles. The minimum Gasteiger partial charge on any atom is -0.339 e. The smallest absolute Gasteiger partial charge is 0.227 e. The third-order valence-corrected chi connectivity index (χ3v) is 6.84. The van der Waals surface area contributed by atoms with Crippen molar-refractivity contribution in [3.05, 3.63) is 53.5 Å². The van der Waals surface area contributed by atoms with E-state index in [9.17, 15) is 4.79 Å². The summed E-state index contributed by atoms with van der Waals surface area (Å²) in [6.45, 7) is 0.620. The second-order valence-corrected chi connectivity index (χ2v) is 8.80. The molecule has 1 amide bonds. The quantitative estimate of drug-likeness (QED) is 0.656. The molecule has 0 bridgehead atoms. The molecule has 2 heterocycles. The van der Waals surface area contributed by atoms with Crippen molar-refractivity contribution in [2.24, 2.45) is 0 Å². The molecule has 1 fully saturated rings. The number of para-hydroxylation sites is 2. The molecule has 0 saturated heterocycles. The maximum atomic E-state index is 12.5. The van der Waals surface area contributed by atoms with E-state index in [0.717, 1.165) is 16.4 Å². The van der Waals surface area contributed by atoms with Crippen LogP contribution in [0.2, 0.25) is 0 Å². The number of hydrogen-bond acceptors (Lipinski definition) is 6. The van der Waals surface area contributed by atoms with Crippen molar-refractivity contribution in [1.29, 1.82) is 0 Å². The van der Waals surface area contributed by atoms with Crippen LogP contribution in [-0.2, 0) is 4.79 Å². The van der Waals surface area contributed by atoms with Crippen LogP contribution < -0.4 is 10.2 Å². The summed E-state index contributed by atoms with van der Waals surface area (Å²) < 4.78 is 0. The lowest BCUT2D eigenvalue weighted by atomic mass is 10.2. The Balaban J connectivity index is 1.30. The fourth-order valence-electron chi connectivity index (χ4n) is 3.20. The fourth-order valence-corrected chi connectivity index (χ4v) is 5.22. The maximum Gasteiger partial charge on any atom is 0.227 e. The van der Waals surface area contributed by atoms with Crippen LogP contribution in [0.5, 0.6) is 0 Å². The van der Waals surface area contributed by atoms with Crippen LogP contribution >= 0.6 is 23.1 Å². The number of aromatic nitrogens is 2. The molecule has 0 atom stereocenters. The second kappa shape index (κ2) is 6.98. The number of amides is 1. The van der Waals surface area contributed by atoms with Gasteiger partial charge in [0, 0.05) is 28.7 Å². The van der Waals surface area contributed by atoms with E-state index in [1.165, 1.54) is 34.0 Å². The lowest BCUT2D eigenvalue weighted by Crippen LogP contribution is -2.25.